The Kier molecular flexibility index (Phi) is 8.53. The van der Waals surface area contributed by atoms with E-state index in [1.54, 1.807) is 31.4 Å². The number of nitrogens with one attached hydrogen (secondary N) is 1. The van der Waals surface area contributed by atoms with Gasteiger partial charge in [-0.3, -0.25) is 14.0 Å². The number of amides is 1. The van der Waals surface area contributed by atoms with Crippen LogP contribution in [-0.2, 0) is 27.9 Å². The first-order chi connectivity index (χ1) is 15.4. The molecule has 0 saturated carbocycles. The van der Waals surface area contributed by atoms with Crippen molar-refractivity contribution in [3.05, 3.63) is 59.7 Å². The van der Waals surface area contributed by atoms with E-state index >= 15 is 0 Å². The predicted molar refractivity (Wildman–Crippen MR) is 127 cm³/mol. The fourth-order valence-electron chi connectivity index (χ4n) is 3.97. The molecule has 0 spiro atoms. The molecule has 0 unspecified atom stereocenters. The number of carbonyl (C=O) groups is 1. The zero-order valence-electron chi connectivity index (χ0n) is 18.9. The Labute approximate surface area is 191 Å². The second-order valence-corrected chi connectivity index (χ2v) is 10.1. The molecular weight excluding hydrogens is 426 g/mol. The molecular formula is C24H33N3O4S. The summed E-state index contributed by atoms with van der Waals surface area (Å²) in [5.41, 5.74) is 2.94. The summed E-state index contributed by atoms with van der Waals surface area (Å²) in [6.45, 7) is 3.90. The summed E-state index contributed by atoms with van der Waals surface area (Å²) >= 11 is 0. The van der Waals surface area contributed by atoms with E-state index in [0.29, 0.717) is 24.4 Å². The van der Waals surface area contributed by atoms with Gasteiger partial charge in [-0.1, -0.05) is 24.3 Å². The number of hydrogen-bond donors (Lipinski definition) is 1. The van der Waals surface area contributed by atoms with Crippen LogP contribution in [0, 0.1) is 0 Å². The van der Waals surface area contributed by atoms with Crippen LogP contribution in [-0.4, -0.2) is 52.2 Å². The van der Waals surface area contributed by atoms with Gasteiger partial charge >= 0.3 is 0 Å². The lowest BCUT2D eigenvalue weighted by Gasteiger charge is -2.22. The van der Waals surface area contributed by atoms with Crippen molar-refractivity contribution >= 4 is 21.6 Å². The molecule has 3 rings (SSSR count). The zero-order chi connectivity index (χ0) is 23.0. The molecule has 8 heteroatoms. The van der Waals surface area contributed by atoms with E-state index in [2.05, 4.69) is 22.3 Å². The minimum Gasteiger partial charge on any atom is -0.497 e. The predicted octanol–water partition coefficient (Wildman–Crippen LogP) is 3.15. The van der Waals surface area contributed by atoms with E-state index in [4.69, 9.17) is 4.74 Å². The molecule has 0 radical (unpaired) electrons. The maximum Gasteiger partial charge on any atom is 0.232 e. The Balaban J connectivity index is 1.50. The van der Waals surface area contributed by atoms with Crippen LogP contribution in [0.4, 0.5) is 5.69 Å². The molecule has 7 nitrogen and oxygen atoms in total. The minimum atomic E-state index is -3.45. The smallest absolute Gasteiger partial charge is 0.232 e. The molecule has 0 aromatic heterocycles. The lowest BCUT2D eigenvalue weighted by atomic mass is 10.1. The molecule has 174 valence electrons. The van der Waals surface area contributed by atoms with Crippen molar-refractivity contribution in [2.24, 2.45) is 0 Å². The number of likely N-dealkylation sites (tertiary alicyclic amines) is 1. The van der Waals surface area contributed by atoms with E-state index in [1.807, 2.05) is 12.1 Å². The van der Waals surface area contributed by atoms with Crippen LogP contribution in [0.1, 0.15) is 36.8 Å². The van der Waals surface area contributed by atoms with Gasteiger partial charge < -0.3 is 10.1 Å². The Morgan fingerprint density at radius 1 is 1.06 bits per heavy atom. The van der Waals surface area contributed by atoms with E-state index in [1.165, 1.54) is 29.0 Å². The molecule has 1 saturated heterocycles. The SMILES string of the molecule is COc1ccc(N(CCCC(=O)NCc2ccccc2CN2CCCC2)S(C)(=O)=O)cc1. The maximum atomic E-state index is 12.4. The van der Waals surface area contributed by atoms with Gasteiger partial charge in [0, 0.05) is 26.1 Å². The van der Waals surface area contributed by atoms with Crippen molar-refractivity contribution < 1.29 is 17.9 Å². The first kappa shape index (κ1) is 24.1. The number of sulfonamides is 1. The summed E-state index contributed by atoms with van der Waals surface area (Å²) in [4.78, 5) is 14.9. The van der Waals surface area contributed by atoms with Crippen molar-refractivity contribution in [3.8, 4) is 5.75 Å². The third-order valence-electron chi connectivity index (χ3n) is 5.71. The Hall–Kier alpha value is -2.58. The van der Waals surface area contributed by atoms with Gasteiger partial charge in [-0.15, -0.1) is 0 Å². The lowest BCUT2D eigenvalue weighted by molar-refractivity contribution is -0.121. The Morgan fingerprint density at radius 3 is 2.34 bits per heavy atom. The molecule has 1 aliphatic rings. The van der Waals surface area contributed by atoms with Gasteiger partial charge in [0.1, 0.15) is 5.75 Å². The highest BCUT2D eigenvalue weighted by Gasteiger charge is 2.18. The first-order valence-corrected chi connectivity index (χ1v) is 12.9. The molecule has 1 N–H and O–H groups in total. The van der Waals surface area contributed by atoms with Crippen molar-refractivity contribution in [1.82, 2.24) is 10.2 Å². The maximum absolute atomic E-state index is 12.4. The van der Waals surface area contributed by atoms with Crippen molar-refractivity contribution in [2.45, 2.75) is 38.8 Å². The van der Waals surface area contributed by atoms with Crippen LogP contribution in [0.3, 0.4) is 0 Å². The number of hydrogen-bond acceptors (Lipinski definition) is 5. The second-order valence-electron chi connectivity index (χ2n) is 8.17. The van der Waals surface area contributed by atoms with Crippen molar-refractivity contribution in [1.29, 1.82) is 0 Å². The highest BCUT2D eigenvalue weighted by Crippen LogP contribution is 2.22. The molecule has 2 aromatic carbocycles. The van der Waals surface area contributed by atoms with Crippen LogP contribution in [0.5, 0.6) is 5.75 Å². The molecule has 1 fully saturated rings. The Bertz CT molecular complexity index is 987. The van der Waals surface area contributed by atoms with Gasteiger partial charge in [-0.05, 0) is 67.7 Å². The fourth-order valence-corrected chi connectivity index (χ4v) is 4.93. The van der Waals surface area contributed by atoms with E-state index < -0.39 is 10.0 Å². The highest BCUT2D eigenvalue weighted by molar-refractivity contribution is 7.92. The number of nitrogens with zero attached hydrogens (tertiary/aromatic N) is 2. The number of rotatable bonds is 11. The molecule has 1 amide bonds. The molecule has 2 aromatic rings. The van der Waals surface area contributed by atoms with E-state index in [0.717, 1.165) is 25.2 Å². The van der Waals surface area contributed by atoms with Gasteiger partial charge in [-0.25, -0.2) is 8.42 Å². The van der Waals surface area contributed by atoms with Gasteiger partial charge in [-0.2, -0.15) is 0 Å². The molecule has 0 bridgehead atoms. The number of benzene rings is 2. The normalized spacial score (nSPS) is 14.3. The molecule has 1 aliphatic heterocycles. The standard InChI is InChI=1S/C24H33N3O4S/c1-31-23-13-11-22(12-14-23)27(32(2,29)30)17-7-10-24(28)25-18-20-8-3-4-9-21(20)19-26-15-5-6-16-26/h3-4,8-9,11-14H,5-7,10,15-19H2,1-2H3,(H,25,28). The third-order valence-corrected chi connectivity index (χ3v) is 6.91. The summed E-state index contributed by atoms with van der Waals surface area (Å²) in [7, 11) is -1.89. The average molecular weight is 460 g/mol. The Morgan fingerprint density at radius 2 is 1.72 bits per heavy atom. The van der Waals surface area contributed by atoms with Crippen molar-refractivity contribution in [3.63, 3.8) is 0 Å². The molecule has 0 atom stereocenters. The minimum absolute atomic E-state index is 0.0795. The van der Waals surface area contributed by atoms with Gasteiger partial charge in [0.05, 0.1) is 19.1 Å². The number of anilines is 1. The van der Waals surface area contributed by atoms with Gasteiger partial charge in [0.25, 0.3) is 0 Å². The van der Waals surface area contributed by atoms with Crippen LogP contribution in [0.2, 0.25) is 0 Å². The molecule has 1 heterocycles. The van der Waals surface area contributed by atoms with Crippen LogP contribution in [0.25, 0.3) is 0 Å². The zero-order valence-corrected chi connectivity index (χ0v) is 19.7. The second kappa shape index (κ2) is 11.3. The van der Waals surface area contributed by atoms with E-state index in [-0.39, 0.29) is 18.9 Å². The van der Waals surface area contributed by atoms with E-state index in [9.17, 15) is 13.2 Å². The lowest BCUT2D eigenvalue weighted by Crippen LogP contribution is -2.32. The van der Waals surface area contributed by atoms with Crippen LogP contribution < -0.4 is 14.4 Å². The summed E-state index contributed by atoms with van der Waals surface area (Å²) in [6.07, 6.45) is 4.37. The summed E-state index contributed by atoms with van der Waals surface area (Å²) in [6, 6.07) is 15.1. The summed E-state index contributed by atoms with van der Waals surface area (Å²) < 4.78 is 30.9. The highest BCUT2D eigenvalue weighted by atomic mass is 32.2. The monoisotopic (exact) mass is 459 g/mol. The summed E-state index contributed by atoms with van der Waals surface area (Å²) in [5, 5.41) is 2.99. The number of carbonyl (C=O) groups excluding carboxylic acids is 1. The topological polar surface area (TPSA) is 79.0 Å². The van der Waals surface area contributed by atoms with Gasteiger partial charge in [0.2, 0.25) is 15.9 Å². The quantitative estimate of drug-likeness (QED) is 0.558. The van der Waals surface area contributed by atoms with Gasteiger partial charge in [0.15, 0.2) is 0 Å². The van der Waals surface area contributed by atoms with Crippen LogP contribution in [0.15, 0.2) is 48.5 Å². The molecule has 32 heavy (non-hydrogen) atoms. The molecule has 0 aliphatic carbocycles. The van der Waals surface area contributed by atoms with Crippen LogP contribution >= 0.6 is 0 Å². The number of methoxy groups -OCH3 is 1. The average Bonchev–Trinajstić information content (AvgIpc) is 3.28. The van der Waals surface area contributed by atoms with Crippen molar-refractivity contribution in [2.75, 3.05) is 37.3 Å². The first-order valence-electron chi connectivity index (χ1n) is 11.0. The fraction of sp³-hybridized carbons (Fsp3) is 0.458. The number of ether oxygens (including phenoxy) is 1. The third kappa shape index (κ3) is 6.97. The largest absolute Gasteiger partial charge is 0.497 e. The summed E-state index contributed by atoms with van der Waals surface area (Å²) in [5.74, 6) is 0.579.